The van der Waals surface area contributed by atoms with Gasteiger partial charge < -0.3 is 32.1 Å². The Hall–Kier alpha value is -4.83. The quantitative estimate of drug-likeness (QED) is 0.259. The lowest BCUT2D eigenvalue weighted by molar-refractivity contribution is -0.174. The van der Waals surface area contributed by atoms with Crippen molar-refractivity contribution in [3.05, 3.63) is 54.1 Å². The van der Waals surface area contributed by atoms with Crippen molar-refractivity contribution in [2.24, 2.45) is 11.7 Å². The average molecular weight is 596 g/mol. The second-order valence-electron chi connectivity index (χ2n) is 10.8. The van der Waals surface area contributed by atoms with Gasteiger partial charge in [-0.2, -0.15) is 18.4 Å². The molecule has 4 rings (SSSR count). The van der Waals surface area contributed by atoms with Gasteiger partial charge in [-0.25, -0.2) is 4.98 Å². The SMILES string of the molecule is CC(C)C[C@H](N)C(=O)Nc1cc(-c2cc(-c3ccccc3O)nc(N)c2C#N)ccc1N1CCC(NC(=O)C(F)(F)F)C1. The zero-order chi connectivity index (χ0) is 31.5. The van der Waals surface area contributed by atoms with E-state index >= 15 is 0 Å². The van der Waals surface area contributed by atoms with Crippen LogP contribution in [0.4, 0.5) is 30.4 Å². The van der Waals surface area contributed by atoms with Gasteiger partial charge in [-0.3, -0.25) is 9.59 Å². The largest absolute Gasteiger partial charge is 0.507 e. The number of hydrogen-bond donors (Lipinski definition) is 5. The minimum absolute atomic E-state index is 0.0336. The number of benzene rings is 2. The molecule has 0 spiro atoms. The molecule has 1 aliphatic heterocycles. The van der Waals surface area contributed by atoms with Crippen LogP contribution in [0.5, 0.6) is 5.75 Å². The fourth-order valence-corrected chi connectivity index (χ4v) is 5.02. The van der Waals surface area contributed by atoms with Crippen LogP contribution in [0.3, 0.4) is 0 Å². The van der Waals surface area contributed by atoms with E-state index < -0.39 is 30.1 Å². The standard InChI is InChI=1S/C30H32F3N7O3/c1-16(2)11-22(35)28(42)39-24-12-17(7-8-25(24)40-10-9-18(15-40)37-29(43)30(31,32)33)20-13-23(38-27(36)21(20)14-34)19-5-3-4-6-26(19)41/h3-8,12-13,16,18,22,41H,9-11,15,35H2,1-2H3,(H2,36,38)(H,37,43)(H,39,42)/t18?,22-/m0/s1. The number of hydrogen-bond acceptors (Lipinski definition) is 8. The molecule has 1 fully saturated rings. The van der Waals surface area contributed by atoms with Crippen LogP contribution in [0.25, 0.3) is 22.4 Å². The van der Waals surface area contributed by atoms with Gasteiger partial charge in [0.15, 0.2) is 0 Å². The van der Waals surface area contributed by atoms with Crippen molar-refractivity contribution in [1.29, 1.82) is 5.26 Å². The highest BCUT2D eigenvalue weighted by Gasteiger charge is 2.40. The number of halogens is 3. The summed E-state index contributed by atoms with van der Waals surface area (Å²) < 4.78 is 38.4. The van der Waals surface area contributed by atoms with E-state index in [9.17, 15) is 33.1 Å². The summed E-state index contributed by atoms with van der Waals surface area (Å²) in [6, 6.07) is 13.6. The number of nitrogens with one attached hydrogen (secondary N) is 2. The van der Waals surface area contributed by atoms with Crippen molar-refractivity contribution < 1.29 is 27.9 Å². The number of anilines is 3. The van der Waals surface area contributed by atoms with Gasteiger partial charge in [-0.15, -0.1) is 0 Å². The summed E-state index contributed by atoms with van der Waals surface area (Å²) in [6.45, 7) is 4.24. The molecule has 0 radical (unpaired) electrons. The summed E-state index contributed by atoms with van der Waals surface area (Å²) >= 11 is 0. The number of aromatic hydroxyl groups is 1. The molecule has 0 aliphatic carbocycles. The predicted molar refractivity (Wildman–Crippen MR) is 157 cm³/mol. The van der Waals surface area contributed by atoms with E-state index in [4.69, 9.17) is 11.5 Å². The molecule has 1 aliphatic rings. The molecule has 1 unspecified atom stereocenters. The van der Waals surface area contributed by atoms with Crippen molar-refractivity contribution in [3.63, 3.8) is 0 Å². The molecule has 3 aromatic rings. The summed E-state index contributed by atoms with van der Waals surface area (Å²) in [7, 11) is 0. The van der Waals surface area contributed by atoms with Gasteiger partial charge in [-0.05, 0) is 54.7 Å². The number of phenolic OH excluding ortho intramolecular Hbond substituents is 1. The molecular formula is C30H32F3N7O3. The fraction of sp³-hybridized carbons (Fsp3) is 0.333. The molecule has 43 heavy (non-hydrogen) atoms. The van der Waals surface area contributed by atoms with Crippen LogP contribution >= 0.6 is 0 Å². The monoisotopic (exact) mass is 595 g/mol. The maximum absolute atomic E-state index is 13.1. The smallest absolute Gasteiger partial charge is 0.471 e. The van der Waals surface area contributed by atoms with Gasteiger partial charge in [0.05, 0.1) is 23.1 Å². The summed E-state index contributed by atoms with van der Waals surface area (Å²) in [5, 5.41) is 25.1. The Morgan fingerprint density at radius 3 is 2.56 bits per heavy atom. The number of amides is 2. The topological polar surface area (TPSA) is 170 Å². The zero-order valence-electron chi connectivity index (χ0n) is 23.6. The van der Waals surface area contributed by atoms with E-state index in [2.05, 4.69) is 16.4 Å². The fourth-order valence-electron chi connectivity index (χ4n) is 5.02. The summed E-state index contributed by atoms with van der Waals surface area (Å²) in [5.74, 6) is -2.42. The molecule has 1 aromatic heterocycles. The Labute approximate surface area is 246 Å². The van der Waals surface area contributed by atoms with Crippen molar-refractivity contribution in [3.8, 4) is 34.2 Å². The van der Waals surface area contributed by atoms with Gasteiger partial charge in [0.25, 0.3) is 0 Å². The molecule has 2 heterocycles. The van der Waals surface area contributed by atoms with Crippen LogP contribution in [0.15, 0.2) is 48.5 Å². The van der Waals surface area contributed by atoms with Crippen molar-refractivity contribution in [1.82, 2.24) is 10.3 Å². The van der Waals surface area contributed by atoms with Crippen LogP contribution in [0.1, 0.15) is 32.3 Å². The Morgan fingerprint density at radius 2 is 1.91 bits per heavy atom. The summed E-state index contributed by atoms with van der Waals surface area (Å²) in [4.78, 5) is 30.6. The maximum atomic E-state index is 13.1. The minimum Gasteiger partial charge on any atom is -0.507 e. The Balaban J connectivity index is 1.76. The number of nitrogens with two attached hydrogens (primary N) is 2. The third kappa shape index (κ3) is 7.15. The molecule has 7 N–H and O–H groups in total. The first-order valence-electron chi connectivity index (χ1n) is 13.6. The Kier molecular flexibility index (Phi) is 9.10. The first kappa shape index (κ1) is 31.1. The van der Waals surface area contributed by atoms with Crippen LogP contribution in [-0.2, 0) is 9.59 Å². The lowest BCUT2D eigenvalue weighted by Gasteiger charge is -2.24. The molecule has 226 valence electrons. The Bertz CT molecular complexity index is 1570. The second kappa shape index (κ2) is 12.6. The number of phenols is 1. The molecule has 2 atom stereocenters. The van der Waals surface area contributed by atoms with E-state index in [1.165, 1.54) is 6.07 Å². The molecule has 13 heteroatoms. The third-order valence-electron chi connectivity index (χ3n) is 7.09. The van der Waals surface area contributed by atoms with Gasteiger partial charge in [0.1, 0.15) is 23.2 Å². The number of nitriles is 1. The summed E-state index contributed by atoms with van der Waals surface area (Å²) in [6.07, 6.45) is -4.33. The number of carbonyl (C=O) groups excluding carboxylic acids is 2. The number of nitrogen functional groups attached to an aromatic ring is 1. The van der Waals surface area contributed by atoms with Crippen molar-refractivity contribution in [2.45, 2.75) is 44.9 Å². The number of para-hydroxylation sites is 1. The molecule has 2 aromatic carbocycles. The number of carbonyl (C=O) groups is 2. The molecule has 0 bridgehead atoms. The number of aromatic nitrogens is 1. The van der Waals surface area contributed by atoms with E-state index in [1.54, 1.807) is 47.4 Å². The molecule has 10 nitrogen and oxygen atoms in total. The normalized spacial score (nSPS) is 15.7. The first-order valence-corrected chi connectivity index (χ1v) is 13.6. The lowest BCUT2D eigenvalue weighted by atomic mass is 9.97. The maximum Gasteiger partial charge on any atom is 0.471 e. The van der Waals surface area contributed by atoms with Crippen LogP contribution in [-0.4, -0.2) is 53.3 Å². The van der Waals surface area contributed by atoms with Crippen LogP contribution in [0, 0.1) is 17.2 Å². The molecule has 0 saturated carbocycles. The predicted octanol–water partition coefficient (Wildman–Crippen LogP) is 4.14. The highest BCUT2D eigenvalue weighted by atomic mass is 19.4. The van der Waals surface area contributed by atoms with Crippen LogP contribution < -0.4 is 27.0 Å². The van der Waals surface area contributed by atoms with E-state index in [-0.39, 0.29) is 36.0 Å². The second-order valence-corrected chi connectivity index (χ2v) is 10.8. The first-order chi connectivity index (χ1) is 20.3. The molecule has 2 amide bonds. The minimum atomic E-state index is -5.00. The lowest BCUT2D eigenvalue weighted by Crippen LogP contribution is -2.44. The van der Waals surface area contributed by atoms with Crippen LogP contribution in [0.2, 0.25) is 0 Å². The van der Waals surface area contributed by atoms with Gasteiger partial charge in [0, 0.05) is 30.3 Å². The number of pyridine rings is 1. The van der Waals surface area contributed by atoms with E-state index in [1.807, 2.05) is 19.2 Å². The summed E-state index contributed by atoms with van der Waals surface area (Å²) in [5.41, 5.74) is 14.8. The van der Waals surface area contributed by atoms with Gasteiger partial charge in [-0.1, -0.05) is 32.0 Å². The molecule has 1 saturated heterocycles. The van der Waals surface area contributed by atoms with Gasteiger partial charge >= 0.3 is 12.1 Å². The van der Waals surface area contributed by atoms with E-state index in [0.29, 0.717) is 46.7 Å². The molecular weight excluding hydrogens is 563 g/mol. The third-order valence-corrected chi connectivity index (χ3v) is 7.09. The number of rotatable bonds is 8. The van der Waals surface area contributed by atoms with Crippen molar-refractivity contribution in [2.75, 3.05) is 29.0 Å². The number of alkyl halides is 3. The average Bonchev–Trinajstić information content (AvgIpc) is 3.40. The highest BCUT2D eigenvalue weighted by Crippen LogP contribution is 2.38. The Morgan fingerprint density at radius 1 is 1.19 bits per heavy atom. The zero-order valence-corrected chi connectivity index (χ0v) is 23.6. The van der Waals surface area contributed by atoms with Gasteiger partial charge in [0.2, 0.25) is 5.91 Å². The number of nitrogens with zero attached hydrogens (tertiary/aromatic N) is 3. The van der Waals surface area contributed by atoms with Crippen molar-refractivity contribution >= 4 is 29.0 Å². The van der Waals surface area contributed by atoms with E-state index in [0.717, 1.165) is 0 Å². The highest BCUT2D eigenvalue weighted by molar-refractivity contribution is 5.99.